The quantitative estimate of drug-likeness (QED) is 0.762. The highest BCUT2D eigenvalue weighted by atomic mass is 16.6. The van der Waals surface area contributed by atoms with Gasteiger partial charge in [-0.15, -0.1) is 0 Å². The van der Waals surface area contributed by atoms with Crippen molar-refractivity contribution in [3.8, 4) is 0 Å². The van der Waals surface area contributed by atoms with Gasteiger partial charge in [0.05, 0.1) is 0 Å². The number of hydrogen-bond donors (Lipinski definition) is 0. The summed E-state index contributed by atoms with van der Waals surface area (Å²) in [7, 11) is 0. The Morgan fingerprint density at radius 1 is 0.870 bits per heavy atom. The fraction of sp³-hybridized carbons (Fsp3) is 0.667. The molecule has 2 fully saturated rings. The summed E-state index contributed by atoms with van der Waals surface area (Å²) >= 11 is 0. The van der Waals surface area contributed by atoms with E-state index in [-0.39, 0.29) is 0 Å². The minimum atomic E-state index is -0.704. The third-order valence-corrected chi connectivity index (χ3v) is 4.00. The summed E-state index contributed by atoms with van der Waals surface area (Å²) in [6, 6.07) is 0. The molecule has 23 heavy (non-hydrogen) atoms. The topological polar surface area (TPSA) is 91.1 Å². The molecule has 0 aromatic carbocycles. The van der Waals surface area contributed by atoms with Crippen LogP contribution in [-0.4, -0.2) is 24.9 Å². The fourth-order valence-corrected chi connectivity index (χ4v) is 2.60. The first-order valence-corrected chi connectivity index (χ1v) is 7.47. The van der Waals surface area contributed by atoms with Crippen molar-refractivity contribution >= 4 is 6.20 Å². The second-order valence-corrected chi connectivity index (χ2v) is 7.31. The van der Waals surface area contributed by atoms with Gasteiger partial charge in [0.2, 0.25) is 0 Å². The number of epoxide rings is 2. The minimum absolute atomic E-state index is 0.617. The molecule has 1 aromatic rings. The number of nitrogens with zero attached hydrogens (tertiary/aromatic N) is 3. The van der Waals surface area contributed by atoms with Crippen LogP contribution in [0.5, 0.6) is 0 Å². The zero-order chi connectivity index (χ0) is 17.3. The highest BCUT2D eigenvalue weighted by Crippen LogP contribution is 2.45. The van der Waals surface area contributed by atoms with E-state index in [0.29, 0.717) is 0 Å². The van der Waals surface area contributed by atoms with Gasteiger partial charge in [-0.1, -0.05) is 5.57 Å². The molecule has 8 heteroatoms. The Kier molecular flexibility index (Phi) is 3.15. The van der Waals surface area contributed by atoms with Crippen LogP contribution >= 0.6 is 0 Å². The average molecular weight is 323 g/mol. The van der Waals surface area contributed by atoms with Gasteiger partial charge in [-0.25, -0.2) is 28.1 Å². The second kappa shape index (κ2) is 4.55. The molecular weight excluding hydrogens is 302 g/mol. The van der Waals surface area contributed by atoms with Crippen LogP contribution in [0.2, 0.25) is 0 Å². The SMILES string of the molecule is CC(C)=Cn1c(=O)n(C2OC2(C)C)c(=O)n(C2OC2(C)C)c1=O. The Balaban J connectivity index is 2.32. The lowest BCUT2D eigenvalue weighted by Crippen LogP contribution is -2.54. The number of aromatic nitrogens is 3. The van der Waals surface area contributed by atoms with Crippen molar-refractivity contribution < 1.29 is 9.47 Å². The van der Waals surface area contributed by atoms with Crippen molar-refractivity contribution in [2.75, 3.05) is 0 Å². The molecule has 2 aliphatic heterocycles. The van der Waals surface area contributed by atoms with Crippen molar-refractivity contribution in [1.29, 1.82) is 0 Å². The van der Waals surface area contributed by atoms with E-state index in [9.17, 15) is 14.4 Å². The Morgan fingerprint density at radius 3 is 1.48 bits per heavy atom. The van der Waals surface area contributed by atoms with Gasteiger partial charge in [-0.3, -0.25) is 0 Å². The molecule has 2 saturated heterocycles. The lowest BCUT2D eigenvalue weighted by Gasteiger charge is -2.10. The maximum Gasteiger partial charge on any atom is 0.342 e. The van der Waals surface area contributed by atoms with E-state index in [4.69, 9.17) is 9.47 Å². The molecule has 3 heterocycles. The number of ether oxygens (including phenoxy) is 2. The number of rotatable bonds is 3. The molecule has 2 atom stereocenters. The molecule has 1 aromatic heterocycles. The fourth-order valence-electron chi connectivity index (χ4n) is 2.60. The number of hydrogen-bond acceptors (Lipinski definition) is 5. The van der Waals surface area contributed by atoms with E-state index < -0.39 is 40.7 Å². The smallest absolute Gasteiger partial charge is 0.342 e. The van der Waals surface area contributed by atoms with Crippen LogP contribution in [0.25, 0.3) is 6.20 Å². The second-order valence-electron chi connectivity index (χ2n) is 7.31. The predicted octanol–water partition coefficient (Wildman–Crippen LogP) is 0.667. The van der Waals surface area contributed by atoms with Crippen LogP contribution in [0, 0.1) is 0 Å². The normalized spacial score (nSPS) is 26.7. The van der Waals surface area contributed by atoms with Crippen molar-refractivity contribution in [2.45, 2.75) is 65.2 Å². The van der Waals surface area contributed by atoms with Crippen LogP contribution in [0.15, 0.2) is 20.0 Å². The molecule has 2 unspecified atom stereocenters. The van der Waals surface area contributed by atoms with Crippen LogP contribution in [0.4, 0.5) is 0 Å². The summed E-state index contributed by atoms with van der Waals surface area (Å²) in [4.78, 5) is 38.0. The van der Waals surface area contributed by atoms with E-state index in [1.54, 1.807) is 41.5 Å². The molecule has 0 aliphatic carbocycles. The summed E-state index contributed by atoms with van der Waals surface area (Å²) in [5.74, 6) is 0. The molecule has 0 amide bonds. The number of allylic oxidation sites excluding steroid dienone is 1. The lowest BCUT2D eigenvalue weighted by atomic mass is 10.2. The van der Waals surface area contributed by atoms with E-state index in [1.807, 2.05) is 0 Å². The molecule has 0 radical (unpaired) electrons. The van der Waals surface area contributed by atoms with E-state index in [2.05, 4.69) is 0 Å². The first-order valence-electron chi connectivity index (χ1n) is 7.47. The Bertz CT molecular complexity index is 820. The molecule has 8 nitrogen and oxygen atoms in total. The minimum Gasteiger partial charge on any atom is -0.344 e. The van der Waals surface area contributed by atoms with Crippen LogP contribution in [0.1, 0.15) is 54.0 Å². The maximum atomic E-state index is 12.7. The maximum absolute atomic E-state index is 12.7. The van der Waals surface area contributed by atoms with Gasteiger partial charge in [0.1, 0.15) is 11.2 Å². The lowest BCUT2D eigenvalue weighted by molar-refractivity contribution is 0.273. The summed E-state index contributed by atoms with van der Waals surface area (Å²) in [5, 5.41) is 0. The predicted molar refractivity (Wildman–Crippen MR) is 83.2 cm³/mol. The van der Waals surface area contributed by atoms with Gasteiger partial charge in [0.25, 0.3) is 0 Å². The van der Waals surface area contributed by atoms with Crippen LogP contribution in [0.3, 0.4) is 0 Å². The van der Waals surface area contributed by atoms with E-state index in [0.717, 1.165) is 19.3 Å². The Morgan fingerprint density at radius 2 is 1.22 bits per heavy atom. The molecule has 2 aliphatic rings. The van der Waals surface area contributed by atoms with Crippen molar-refractivity contribution in [1.82, 2.24) is 13.7 Å². The summed E-state index contributed by atoms with van der Waals surface area (Å²) in [6.45, 7) is 10.6. The molecule has 3 rings (SSSR count). The third-order valence-electron chi connectivity index (χ3n) is 4.00. The largest absolute Gasteiger partial charge is 0.344 e. The third kappa shape index (κ3) is 2.42. The monoisotopic (exact) mass is 323 g/mol. The van der Waals surface area contributed by atoms with Gasteiger partial charge in [-0.05, 0) is 41.5 Å². The molecule has 0 spiro atoms. The van der Waals surface area contributed by atoms with Crippen LogP contribution in [-0.2, 0) is 9.47 Å². The van der Waals surface area contributed by atoms with E-state index >= 15 is 0 Å². The van der Waals surface area contributed by atoms with Gasteiger partial charge in [0.15, 0.2) is 12.5 Å². The Hall–Kier alpha value is -1.93. The molecule has 0 N–H and O–H groups in total. The van der Waals surface area contributed by atoms with Crippen molar-refractivity contribution in [3.63, 3.8) is 0 Å². The van der Waals surface area contributed by atoms with E-state index in [1.165, 1.54) is 6.20 Å². The first-order chi connectivity index (χ1) is 10.5. The molecule has 0 saturated carbocycles. The molecule has 126 valence electrons. The highest BCUT2D eigenvalue weighted by molar-refractivity contribution is 5.26. The van der Waals surface area contributed by atoms with Gasteiger partial charge < -0.3 is 9.47 Å². The summed E-state index contributed by atoms with van der Waals surface area (Å²) in [5.41, 5.74) is -2.59. The average Bonchev–Trinajstić information content (AvgIpc) is 3.21. The summed E-state index contributed by atoms with van der Waals surface area (Å²) < 4.78 is 13.8. The molecular formula is C15H21N3O5. The van der Waals surface area contributed by atoms with Crippen LogP contribution < -0.4 is 17.1 Å². The van der Waals surface area contributed by atoms with Gasteiger partial charge in [-0.2, -0.15) is 0 Å². The van der Waals surface area contributed by atoms with Crippen molar-refractivity contribution in [3.05, 3.63) is 37.0 Å². The zero-order valence-electron chi connectivity index (χ0n) is 14.1. The van der Waals surface area contributed by atoms with Gasteiger partial charge >= 0.3 is 17.1 Å². The first kappa shape index (κ1) is 15.9. The molecule has 0 bridgehead atoms. The van der Waals surface area contributed by atoms with Gasteiger partial charge in [0, 0.05) is 6.20 Å². The highest BCUT2D eigenvalue weighted by Gasteiger charge is 2.55. The zero-order valence-corrected chi connectivity index (χ0v) is 14.1. The summed E-state index contributed by atoms with van der Waals surface area (Å²) in [6.07, 6.45) is 0.0445. The van der Waals surface area contributed by atoms with Crippen molar-refractivity contribution in [2.24, 2.45) is 0 Å². The Labute approximate surface area is 132 Å². The standard InChI is InChI=1S/C15H21N3O5/c1-8(2)7-16-11(19)17(9-14(3,4)22-9)13(21)18(12(16)20)10-15(5,6)23-10/h7,9-10H,1-6H3.